The van der Waals surface area contributed by atoms with Crippen LogP contribution in [0.15, 0.2) is 24.0 Å². The summed E-state index contributed by atoms with van der Waals surface area (Å²) in [6, 6.07) is 1.71. The second kappa shape index (κ2) is 9.78. The quantitative estimate of drug-likeness (QED) is 0.343. The van der Waals surface area contributed by atoms with Crippen LogP contribution >= 0.6 is 0 Å². The van der Waals surface area contributed by atoms with Gasteiger partial charge in [0.05, 0.1) is 23.4 Å². The summed E-state index contributed by atoms with van der Waals surface area (Å²) in [5.74, 6) is -9.46. The molecule has 13 nitrogen and oxygen atoms in total. The Kier molecular flexibility index (Phi) is 6.83. The number of phenolic OH excluding ortho intramolecular Hbond substituents is 1. The number of Topliss-reactive ketones (excluding diaryl/α,β-unsaturated/α-hetero) is 3. The number of primary amides is 1. The first-order chi connectivity index (χ1) is 18.9. The summed E-state index contributed by atoms with van der Waals surface area (Å²) in [5, 5.41) is 33.8. The van der Waals surface area contributed by atoms with Gasteiger partial charge in [-0.3, -0.25) is 28.8 Å². The number of hydrogen-bond acceptors (Lipinski definition) is 12. The molecular weight excluding hydrogens is 528 g/mol. The van der Waals surface area contributed by atoms with Crippen LogP contribution in [0.2, 0.25) is 0 Å². The third kappa shape index (κ3) is 3.80. The number of carbonyl (C=O) groups excluding carboxylic acids is 4. The van der Waals surface area contributed by atoms with Gasteiger partial charge in [0, 0.05) is 25.7 Å². The maximum atomic E-state index is 13.9. The minimum Gasteiger partial charge on any atom is -0.507 e. The van der Waals surface area contributed by atoms with Gasteiger partial charge in [0.15, 0.2) is 29.4 Å². The lowest BCUT2D eigenvalue weighted by Crippen LogP contribution is -2.72. The Labute approximate surface area is 228 Å². The Bertz CT molecular complexity index is 1380. The highest BCUT2D eigenvalue weighted by molar-refractivity contribution is 6.32. The molecule has 0 spiro atoms. The molecule has 1 aromatic rings. The lowest BCUT2D eigenvalue weighted by atomic mass is 9.54. The first-order valence-electron chi connectivity index (χ1n) is 12.5. The predicted octanol–water partition coefficient (Wildman–Crippen LogP) is -0.373. The van der Waals surface area contributed by atoms with E-state index in [1.165, 1.54) is 45.5 Å². The molecule has 3 unspecified atom stereocenters. The number of nitrogens with zero attached hydrogens (tertiary/aromatic N) is 1. The van der Waals surface area contributed by atoms with Crippen LogP contribution in [0.4, 0.5) is 0 Å². The van der Waals surface area contributed by atoms with Crippen molar-refractivity contribution in [1.29, 1.82) is 0 Å². The number of ether oxygens (including phenoxy) is 4. The molecule has 0 bridgehead atoms. The van der Waals surface area contributed by atoms with E-state index >= 15 is 0 Å². The zero-order valence-electron chi connectivity index (χ0n) is 22.2. The number of likely N-dealkylation sites (N-methyl/N-ethyl adjacent to an activating group) is 1. The number of carbonyl (C=O) groups is 4. The molecule has 4 aliphatic rings. The molecule has 1 aliphatic heterocycles. The summed E-state index contributed by atoms with van der Waals surface area (Å²) in [5.41, 5.74) is 3.57. The van der Waals surface area contributed by atoms with Crippen molar-refractivity contribution in [1.82, 2.24) is 4.90 Å². The summed E-state index contributed by atoms with van der Waals surface area (Å²) in [7, 11) is 5.86. The van der Waals surface area contributed by atoms with Crippen LogP contribution in [0.1, 0.15) is 23.1 Å². The first kappa shape index (κ1) is 27.9. The molecule has 40 heavy (non-hydrogen) atoms. The minimum absolute atomic E-state index is 0.0620. The molecule has 2 saturated carbocycles. The number of rotatable bonds is 5. The van der Waals surface area contributed by atoms with Crippen molar-refractivity contribution < 1.29 is 53.4 Å². The molecule has 0 saturated heterocycles. The SMILES string of the molecule is COC1OC=C(c2ccc(O)c3c2C[C@H]2C[C@H]4[C@H](N(C)C)C(=O)C(C(N)=O)C(=O)[C@@]4(O)C(=O)C2=C3O)C(OC)O1. The van der Waals surface area contributed by atoms with Gasteiger partial charge in [-0.2, -0.15) is 0 Å². The maximum absolute atomic E-state index is 13.9. The fraction of sp³-hybridized carbons (Fsp3) is 0.481. The van der Waals surface area contributed by atoms with Crippen LogP contribution in [-0.4, -0.2) is 96.2 Å². The average Bonchev–Trinajstić information content (AvgIpc) is 2.90. The zero-order chi connectivity index (χ0) is 29.3. The first-order valence-corrected chi connectivity index (χ1v) is 12.5. The van der Waals surface area contributed by atoms with Crippen molar-refractivity contribution in [3.05, 3.63) is 40.7 Å². The molecule has 5 rings (SSSR count). The molecule has 0 radical (unpaired) electrons. The number of benzene rings is 1. The Morgan fingerprint density at radius 1 is 1.15 bits per heavy atom. The highest BCUT2D eigenvalue weighted by Gasteiger charge is 2.67. The van der Waals surface area contributed by atoms with Gasteiger partial charge in [0.25, 0.3) is 0 Å². The van der Waals surface area contributed by atoms with E-state index in [1.807, 2.05) is 0 Å². The fourth-order valence-corrected chi connectivity index (χ4v) is 6.53. The molecule has 1 aromatic carbocycles. The molecule has 2 fully saturated rings. The van der Waals surface area contributed by atoms with Crippen LogP contribution in [0.3, 0.4) is 0 Å². The van der Waals surface area contributed by atoms with E-state index in [0.717, 1.165) is 0 Å². The van der Waals surface area contributed by atoms with Gasteiger partial charge in [-0.1, -0.05) is 6.07 Å². The standard InChI is InChI=1S/C27H30N2O11/c1-29(2)19-14-8-10-7-12-11(13-9-39-26(38-4)40-25(13)37-3)5-6-15(30)17(12)20(31)16(10)22(33)27(14,36)23(34)18(21(19)32)24(28)35/h5-6,9-10,14,18-19,25-26,30-31,36H,7-8H2,1-4H3,(H2,28,35)/t10-,14-,18?,19-,25?,26?,27-/m0/s1. The monoisotopic (exact) mass is 558 g/mol. The number of ketones is 3. The van der Waals surface area contributed by atoms with Gasteiger partial charge in [0.1, 0.15) is 11.5 Å². The van der Waals surface area contributed by atoms with Gasteiger partial charge in [-0.05, 0) is 50.0 Å². The van der Waals surface area contributed by atoms with Crippen molar-refractivity contribution >= 4 is 34.6 Å². The summed E-state index contributed by atoms with van der Waals surface area (Å²) < 4.78 is 21.6. The van der Waals surface area contributed by atoms with Crippen LogP contribution < -0.4 is 5.73 Å². The topological polar surface area (TPSA) is 195 Å². The number of methoxy groups -OCH3 is 2. The largest absolute Gasteiger partial charge is 0.507 e. The third-order valence-corrected chi connectivity index (χ3v) is 8.26. The Balaban J connectivity index is 1.67. The normalized spacial score (nSPS) is 33.6. The third-order valence-electron chi connectivity index (χ3n) is 8.26. The molecule has 0 aromatic heterocycles. The van der Waals surface area contributed by atoms with Crippen molar-refractivity contribution in [3.63, 3.8) is 0 Å². The average molecular weight is 559 g/mol. The minimum atomic E-state index is -2.78. The number of amides is 1. The van der Waals surface area contributed by atoms with E-state index < -0.39 is 71.2 Å². The lowest BCUT2D eigenvalue weighted by molar-refractivity contribution is -0.308. The highest BCUT2D eigenvalue weighted by Crippen LogP contribution is 2.52. The van der Waals surface area contributed by atoms with Crippen LogP contribution in [0.5, 0.6) is 5.75 Å². The molecule has 3 aliphatic carbocycles. The highest BCUT2D eigenvalue weighted by atomic mass is 16.9. The fourth-order valence-electron chi connectivity index (χ4n) is 6.53. The molecular formula is C27H30N2O11. The van der Waals surface area contributed by atoms with Crippen molar-refractivity contribution in [2.75, 3.05) is 28.3 Å². The molecule has 1 heterocycles. The number of aromatic hydroxyl groups is 1. The van der Waals surface area contributed by atoms with Gasteiger partial charge in [0.2, 0.25) is 11.7 Å². The molecule has 13 heteroatoms. The Hall–Kier alpha value is -3.62. The van der Waals surface area contributed by atoms with E-state index in [-0.39, 0.29) is 29.7 Å². The lowest BCUT2D eigenvalue weighted by Gasteiger charge is -2.51. The number of fused-ring (bicyclic) bond motifs is 3. The van der Waals surface area contributed by atoms with E-state index in [1.54, 1.807) is 6.07 Å². The number of hydrogen-bond donors (Lipinski definition) is 4. The Morgan fingerprint density at radius 2 is 1.85 bits per heavy atom. The summed E-state index contributed by atoms with van der Waals surface area (Å²) >= 11 is 0. The van der Waals surface area contributed by atoms with Crippen molar-refractivity contribution in [2.45, 2.75) is 37.3 Å². The van der Waals surface area contributed by atoms with Crippen molar-refractivity contribution in [2.24, 2.45) is 23.5 Å². The number of aliphatic hydroxyl groups is 2. The molecule has 5 N–H and O–H groups in total. The van der Waals surface area contributed by atoms with Gasteiger partial charge in [-0.15, -0.1) is 0 Å². The molecule has 1 amide bonds. The van der Waals surface area contributed by atoms with Crippen LogP contribution in [-0.2, 0) is 44.5 Å². The van der Waals surface area contributed by atoms with Gasteiger partial charge < -0.3 is 35.3 Å². The number of phenols is 1. The zero-order valence-corrected chi connectivity index (χ0v) is 22.2. The number of aliphatic hydroxyl groups excluding tert-OH is 1. The van der Waals surface area contributed by atoms with E-state index in [9.17, 15) is 34.5 Å². The van der Waals surface area contributed by atoms with E-state index in [0.29, 0.717) is 16.7 Å². The molecule has 214 valence electrons. The predicted molar refractivity (Wildman–Crippen MR) is 135 cm³/mol. The maximum Gasteiger partial charge on any atom is 0.317 e. The smallest absolute Gasteiger partial charge is 0.317 e. The van der Waals surface area contributed by atoms with Crippen molar-refractivity contribution in [3.8, 4) is 5.75 Å². The van der Waals surface area contributed by atoms with Crippen LogP contribution in [0.25, 0.3) is 11.3 Å². The number of nitrogens with two attached hydrogens (primary N) is 1. The van der Waals surface area contributed by atoms with Gasteiger partial charge >= 0.3 is 6.48 Å². The second-order valence-electron chi connectivity index (χ2n) is 10.5. The second-order valence-corrected chi connectivity index (χ2v) is 10.5. The van der Waals surface area contributed by atoms with Gasteiger partial charge in [-0.25, -0.2) is 0 Å². The summed E-state index contributed by atoms with van der Waals surface area (Å²) in [4.78, 5) is 54.1. The van der Waals surface area contributed by atoms with E-state index in [4.69, 9.17) is 24.7 Å². The Morgan fingerprint density at radius 3 is 2.45 bits per heavy atom. The summed E-state index contributed by atoms with van der Waals surface area (Å²) in [6.07, 6.45) is 0.466. The molecule has 7 atom stereocenters. The van der Waals surface area contributed by atoms with E-state index in [2.05, 4.69) is 0 Å². The summed E-state index contributed by atoms with van der Waals surface area (Å²) in [6.45, 7) is -1.02. The van der Waals surface area contributed by atoms with Crippen LogP contribution in [0, 0.1) is 17.8 Å².